The van der Waals surface area contributed by atoms with Gasteiger partial charge in [0.15, 0.2) is 0 Å². The van der Waals surface area contributed by atoms with E-state index >= 15 is 0 Å². The number of aromatic nitrogens is 1. The Morgan fingerprint density at radius 3 is 3.09 bits per heavy atom. The topological polar surface area (TPSA) is 12.9 Å². The summed E-state index contributed by atoms with van der Waals surface area (Å²) in [5.74, 6) is -0.441. The van der Waals surface area contributed by atoms with Crippen LogP contribution in [0.25, 0.3) is 10.9 Å². The molecule has 0 aliphatic carbocycles. The molecule has 1 radical (unpaired) electrons. The summed E-state index contributed by atoms with van der Waals surface area (Å²) < 4.78 is 12.5. The minimum absolute atomic E-state index is 0.441. The quantitative estimate of drug-likeness (QED) is 0.519. The average Bonchev–Trinajstić information content (AvgIpc) is 2.04. The standard InChI is InChI=1S/C9H5FN/c10-9-6-5-7-3-1-2-4-8(7)11-9/h2-6H. The highest BCUT2D eigenvalue weighted by atomic mass is 19.1. The Morgan fingerprint density at radius 1 is 1.27 bits per heavy atom. The molecule has 2 aromatic rings. The summed E-state index contributed by atoms with van der Waals surface area (Å²) in [6.45, 7) is 0. The van der Waals surface area contributed by atoms with Crippen LogP contribution in [0, 0.1) is 12.0 Å². The zero-order chi connectivity index (χ0) is 7.68. The number of nitrogens with zero attached hydrogens (tertiary/aromatic N) is 1. The van der Waals surface area contributed by atoms with E-state index in [9.17, 15) is 4.39 Å². The number of benzene rings is 1. The molecule has 1 heterocycles. The molecule has 0 saturated heterocycles. The highest BCUT2D eigenvalue weighted by Crippen LogP contribution is 2.09. The first kappa shape index (κ1) is 6.28. The van der Waals surface area contributed by atoms with E-state index in [1.54, 1.807) is 24.3 Å². The summed E-state index contributed by atoms with van der Waals surface area (Å²) in [6, 6.07) is 11.2. The molecule has 0 saturated carbocycles. The molecule has 0 aliphatic rings. The fourth-order valence-electron chi connectivity index (χ4n) is 0.981. The normalized spacial score (nSPS) is 10.3. The van der Waals surface area contributed by atoms with Gasteiger partial charge in [-0.25, -0.2) is 4.98 Å². The highest BCUT2D eigenvalue weighted by molar-refractivity contribution is 5.77. The second-order valence-electron chi connectivity index (χ2n) is 2.25. The first-order chi connectivity index (χ1) is 5.36. The van der Waals surface area contributed by atoms with E-state index in [0.29, 0.717) is 5.52 Å². The maximum atomic E-state index is 12.5. The molecule has 53 valence electrons. The van der Waals surface area contributed by atoms with Gasteiger partial charge in [-0.2, -0.15) is 4.39 Å². The Balaban J connectivity index is 2.83. The molecule has 0 unspecified atom stereocenters. The third-order valence-electron chi connectivity index (χ3n) is 1.50. The van der Waals surface area contributed by atoms with Crippen LogP contribution in [0.15, 0.2) is 30.3 Å². The van der Waals surface area contributed by atoms with Gasteiger partial charge in [-0.1, -0.05) is 6.07 Å². The van der Waals surface area contributed by atoms with Gasteiger partial charge in [0.1, 0.15) is 0 Å². The second-order valence-corrected chi connectivity index (χ2v) is 2.25. The van der Waals surface area contributed by atoms with Crippen molar-refractivity contribution in [3.63, 3.8) is 0 Å². The molecule has 0 bridgehead atoms. The molecule has 0 N–H and O–H groups in total. The fourth-order valence-corrected chi connectivity index (χ4v) is 0.981. The first-order valence-electron chi connectivity index (χ1n) is 3.28. The van der Waals surface area contributed by atoms with E-state index in [4.69, 9.17) is 0 Å². The number of fused-ring (bicyclic) bond motifs is 1. The van der Waals surface area contributed by atoms with Gasteiger partial charge >= 0.3 is 0 Å². The van der Waals surface area contributed by atoms with Crippen molar-refractivity contribution in [2.45, 2.75) is 0 Å². The van der Waals surface area contributed by atoms with E-state index in [1.807, 2.05) is 0 Å². The average molecular weight is 146 g/mol. The van der Waals surface area contributed by atoms with E-state index in [-0.39, 0.29) is 0 Å². The predicted octanol–water partition coefficient (Wildman–Crippen LogP) is 2.17. The third kappa shape index (κ3) is 1.07. The van der Waals surface area contributed by atoms with Gasteiger partial charge in [-0.3, -0.25) is 0 Å². The van der Waals surface area contributed by atoms with Gasteiger partial charge in [0, 0.05) is 5.39 Å². The van der Waals surface area contributed by atoms with Crippen LogP contribution in [0.1, 0.15) is 0 Å². The van der Waals surface area contributed by atoms with E-state index in [1.165, 1.54) is 6.07 Å². The number of pyridine rings is 1. The van der Waals surface area contributed by atoms with Crippen molar-refractivity contribution in [1.29, 1.82) is 0 Å². The molecule has 11 heavy (non-hydrogen) atoms. The molecule has 1 nitrogen and oxygen atoms in total. The lowest BCUT2D eigenvalue weighted by molar-refractivity contribution is 0.589. The lowest BCUT2D eigenvalue weighted by Crippen LogP contribution is -1.81. The van der Waals surface area contributed by atoms with Crippen LogP contribution in [0.2, 0.25) is 0 Å². The highest BCUT2D eigenvalue weighted by Gasteiger charge is 1.93. The molecule has 1 aromatic carbocycles. The van der Waals surface area contributed by atoms with Gasteiger partial charge in [-0.15, -0.1) is 0 Å². The Morgan fingerprint density at radius 2 is 2.18 bits per heavy atom. The van der Waals surface area contributed by atoms with E-state index in [0.717, 1.165) is 5.39 Å². The SMILES string of the molecule is Fc1ccc2c[c]ccc2n1. The molecular weight excluding hydrogens is 141 g/mol. The second kappa shape index (κ2) is 2.31. The number of hydrogen-bond donors (Lipinski definition) is 0. The van der Waals surface area contributed by atoms with Crippen LogP contribution >= 0.6 is 0 Å². The fraction of sp³-hybridized carbons (Fsp3) is 0. The molecule has 0 fully saturated rings. The summed E-state index contributed by atoms with van der Waals surface area (Å²) in [5, 5.41) is 0.911. The van der Waals surface area contributed by atoms with Crippen molar-refractivity contribution in [2.24, 2.45) is 0 Å². The molecule has 0 amide bonds. The van der Waals surface area contributed by atoms with Gasteiger partial charge in [0.05, 0.1) is 5.52 Å². The predicted molar refractivity (Wildman–Crippen MR) is 40.5 cm³/mol. The van der Waals surface area contributed by atoms with E-state index < -0.39 is 5.95 Å². The van der Waals surface area contributed by atoms with Crippen LogP contribution in [-0.2, 0) is 0 Å². The molecule has 0 aliphatic heterocycles. The Labute approximate surface area is 63.5 Å². The summed E-state index contributed by atoms with van der Waals surface area (Å²) in [4.78, 5) is 3.69. The smallest absolute Gasteiger partial charge is 0.213 e. The van der Waals surface area contributed by atoms with Crippen LogP contribution in [0.4, 0.5) is 4.39 Å². The van der Waals surface area contributed by atoms with Gasteiger partial charge in [0.2, 0.25) is 5.95 Å². The Kier molecular flexibility index (Phi) is 1.32. The Hall–Kier alpha value is -1.44. The largest absolute Gasteiger partial charge is 0.220 e. The third-order valence-corrected chi connectivity index (χ3v) is 1.50. The molecule has 0 spiro atoms. The minimum Gasteiger partial charge on any atom is -0.220 e. The molecule has 0 atom stereocenters. The summed E-state index contributed by atoms with van der Waals surface area (Å²) >= 11 is 0. The minimum atomic E-state index is -0.441. The van der Waals surface area contributed by atoms with Crippen molar-refractivity contribution < 1.29 is 4.39 Å². The maximum absolute atomic E-state index is 12.5. The lowest BCUT2D eigenvalue weighted by atomic mass is 10.2. The zero-order valence-electron chi connectivity index (χ0n) is 5.71. The van der Waals surface area contributed by atoms with Crippen LogP contribution in [0.5, 0.6) is 0 Å². The monoisotopic (exact) mass is 146 g/mol. The van der Waals surface area contributed by atoms with Crippen molar-refractivity contribution >= 4 is 10.9 Å². The maximum Gasteiger partial charge on any atom is 0.213 e. The van der Waals surface area contributed by atoms with E-state index in [2.05, 4.69) is 11.1 Å². The number of hydrogen-bond acceptors (Lipinski definition) is 1. The number of rotatable bonds is 0. The molecule has 2 rings (SSSR count). The molecule has 1 aromatic heterocycles. The lowest BCUT2D eigenvalue weighted by Gasteiger charge is -1.93. The van der Waals surface area contributed by atoms with Gasteiger partial charge in [0.25, 0.3) is 0 Å². The zero-order valence-corrected chi connectivity index (χ0v) is 5.71. The first-order valence-corrected chi connectivity index (χ1v) is 3.28. The van der Waals surface area contributed by atoms with Crippen molar-refractivity contribution in [3.8, 4) is 0 Å². The van der Waals surface area contributed by atoms with Crippen LogP contribution < -0.4 is 0 Å². The molecule has 2 heteroatoms. The number of halogens is 1. The van der Waals surface area contributed by atoms with Crippen LogP contribution in [0.3, 0.4) is 0 Å². The van der Waals surface area contributed by atoms with Gasteiger partial charge in [-0.05, 0) is 30.3 Å². The van der Waals surface area contributed by atoms with Gasteiger partial charge < -0.3 is 0 Å². The van der Waals surface area contributed by atoms with Crippen molar-refractivity contribution in [3.05, 3.63) is 42.3 Å². The summed E-state index contributed by atoms with van der Waals surface area (Å²) in [6.07, 6.45) is 0. The Bertz CT molecular complexity index is 384. The van der Waals surface area contributed by atoms with Crippen LogP contribution in [-0.4, -0.2) is 4.98 Å². The summed E-state index contributed by atoms with van der Waals surface area (Å²) in [7, 11) is 0. The molecular formula is C9H5FN. The summed E-state index contributed by atoms with van der Waals surface area (Å²) in [5.41, 5.74) is 0.670. The van der Waals surface area contributed by atoms with Crippen molar-refractivity contribution in [1.82, 2.24) is 4.98 Å². The van der Waals surface area contributed by atoms with Crippen molar-refractivity contribution in [2.75, 3.05) is 0 Å².